The van der Waals surface area contributed by atoms with Crippen LogP contribution in [0.1, 0.15) is 56.7 Å². The molecule has 0 aromatic heterocycles. The first-order valence-electron chi connectivity index (χ1n) is 18.7. The number of amides is 2. The molecule has 0 saturated carbocycles. The summed E-state index contributed by atoms with van der Waals surface area (Å²) >= 11 is 0.962. The van der Waals surface area contributed by atoms with E-state index in [1.165, 1.54) is 24.3 Å². The molecule has 60 heavy (non-hydrogen) atoms. The van der Waals surface area contributed by atoms with Gasteiger partial charge in [-0.25, -0.2) is 9.79 Å². The average Bonchev–Trinajstić information content (AvgIpc) is 3.51. The maximum atomic E-state index is 13.7. The number of ether oxygens (including phenoxy) is 6. The van der Waals surface area contributed by atoms with Crippen LogP contribution >= 0.6 is 11.8 Å². The Morgan fingerprint density at radius 1 is 0.767 bits per heavy atom. The molecular formula is C41H44N4O14S. The Balaban J connectivity index is 1.36. The second-order valence-electron chi connectivity index (χ2n) is 13.8. The summed E-state index contributed by atoms with van der Waals surface area (Å²) in [4.78, 5) is 90.7. The molecule has 18 nitrogen and oxygen atoms in total. The van der Waals surface area contributed by atoms with E-state index in [4.69, 9.17) is 28.4 Å². The molecule has 1 aliphatic heterocycles. The van der Waals surface area contributed by atoms with Crippen molar-refractivity contribution in [3.8, 4) is 11.1 Å². The Morgan fingerprint density at radius 2 is 1.33 bits per heavy atom. The van der Waals surface area contributed by atoms with E-state index in [0.717, 1.165) is 61.7 Å². The SMILES string of the molecule is CS/C(=N\C1O[C@H](COC(C)=O)[C@@H](OC(C)=O)[C@H](OC(C)=O)[C@H]1OC(C)=O)NC(=O)C[C@H](Cc1ccc([N+](=O)[O-])cc1)NC(=O)OCC1c2ccccc2-c2ccccc21. The zero-order chi connectivity index (χ0) is 43.5. The second-order valence-corrected chi connectivity index (χ2v) is 14.6. The lowest BCUT2D eigenvalue weighted by Crippen LogP contribution is -2.62. The third kappa shape index (κ3) is 11.9. The average molecular weight is 849 g/mol. The summed E-state index contributed by atoms with van der Waals surface area (Å²) in [7, 11) is 0. The van der Waals surface area contributed by atoms with Gasteiger partial charge in [0, 0.05) is 58.2 Å². The molecule has 1 heterocycles. The fraction of sp³-hybridized carbons (Fsp3) is 0.390. The first-order valence-corrected chi connectivity index (χ1v) is 19.9. The summed E-state index contributed by atoms with van der Waals surface area (Å²) < 4.78 is 33.3. The van der Waals surface area contributed by atoms with Crippen LogP contribution < -0.4 is 10.6 Å². The number of amidine groups is 1. The molecule has 19 heteroatoms. The maximum Gasteiger partial charge on any atom is 0.407 e. The van der Waals surface area contributed by atoms with Gasteiger partial charge >= 0.3 is 30.0 Å². The first-order chi connectivity index (χ1) is 28.6. The zero-order valence-electron chi connectivity index (χ0n) is 33.3. The number of nitrogens with one attached hydrogen (secondary N) is 2. The zero-order valence-corrected chi connectivity index (χ0v) is 34.1. The molecule has 0 spiro atoms. The predicted octanol–water partition coefficient (Wildman–Crippen LogP) is 4.35. The van der Waals surface area contributed by atoms with E-state index in [-0.39, 0.29) is 36.2 Å². The third-order valence-electron chi connectivity index (χ3n) is 9.38. The normalized spacial score (nSPS) is 20.0. The fourth-order valence-corrected chi connectivity index (χ4v) is 7.40. The minimum atomic E-state index is -1.51. The number of carbonyl (C=O) groups is 6. The number of aliphatic imine (C=N–C) groups is 1. The summed E-state index contributed by atoms with van der Waals surface area (Å²) in [6.45, 7) is 3.94. The highest BCUT2D eigenvalue weighted by Crippen LogP contribution is 2.44. The lowest BCUT2D eigenvalue weighted by Gasteiger charge is -2.43. The van der Waals surface area contributed by atoms with E-state index in [1.54, 1.807) is 6.26 Å². The number of carbonyl (C=O) groups excluding carboxylic acids is 6. The highest BCUT2D eigenvalue weighted by molar-refractivity contribution is 8.13. The smallest absolute Gasteiger partial charge is 0.407 e. The molecule has 1 unspecified atom stereocenters. The summed E-state index contributed by atoms with van der Waals surface area (Å²) in [6, 6.07) is 20.5. The number of non-ortho nitro benzene ring substituents is 1. The Bertz CT molecular complexity index is 2080. The van der Waals surface area contributed by atoms with Gasteiger partial charge in [0.25, 0.3) is 5.69 Å². The second kappa shape index (κ2) is 20.6. The molecule has 6 atom stereocenters. The van der Waals surface area contributed by atoms with Crippen molar-refractivity contribution < 1.29 is 62.1 Å². The van der Waals surface area contributed by atoms with E-state index in [1.807, 2.05) is 48.5 Å². The standard InChI is InChI=1S/C41H44N4O14S/c1-22(46)54-21-34-36(56-23(2)47)37(57-24(3)48)38(58-25(4)49)39(59-34)44-40(60-5)43-35(50)19-27(18-26-14-16-28(17-15-26)45(52)53)42-41(51)55-20-33-31-12-8-6-10-29(31)30-11-7-9-13-32(30)33/h6-17,27,33-34,36-39H,18-21H2,1-5H3,(H,42,51)(H,43,44,50)/t27-,34+,36+,37-,38+,39?/m0/s1. The molecule has 1 saturated heterocycles. The molecule has 1 fully saturated rings. The molecule has 3 aromatic rings. The van der Waals surface area contributed by atoms with Crippen LogP contribution in [0.5, 0.6) is 0 Å². The van der Waals surface area contributed by atoms with E-state index in [2.05, 4.69) is 15.6 Å². The molecule has 2 amide bonds. The van der Waals surface area contributed by atoms with Gasteiger partial charge in [0.2, 0.25) is 5.91 Å². The number of fused-ring (bicyclic) bond motifs is 3. The number of hydrogen-bond donors (Lipinski definition) is 2. The predicted molar refractivity (Wildman–Crippen MR) is 214 cm³/mol. The molecule has 1 aliphatic carbocycles. The van der Waals surface area contributed by atoms with E-state index in [0.29, 0.717) is 5.56 Å². The number of alkyl carbamates (subject to hydrolysis) is 1. The van der Waals surface area contributed by atoms with Crippen LogP contribution in [0.25, 0.3) is 11.1 Å². The van der Waals surface area contributed by atoms with Crippen LogP contribution in [-0.2, 0) is 58.8 Å². The van der Waals surface area contributed by atoms with Crippen LogP contribution in [0.15, 0.2) is 77.8 Å². The summed E-state index contributed by atoms with van der Waals surface area (Å²) in [5.74, 6) is -4.02. The van der Waals surface area contributed by atoms with Crippen molar-refractivity contribution in [2.75, 3.05) is 19.5 Å². The molecule has 2 N–H and O–H groups in total. The van der Waals surface area contributed by atoms with Gasteiger partial charge in [0.05, 0.1) is 4.92 Å². The number of rotatable bonds is 14. The first kappa shape index (κ1) is 44.8. The van der Waals surface area contributed by atoms with Crippen molar-refractivity contribution in [1.82, 2.24) is 10.6 Å². The van der Waals surface area contributed by atoms with Crippen molar-refractivity contribution in [1.29, 1.82) is 0 Å². The molecular weight excluding hydrogens is 805 g/mol. The van der Waals surface area contributed by atoms with Crippen LogP contribution in [0, 0.1) is 10.1 Å². The summed E-state index contributed by atoms with van der Waals surface area (Å²) in [6.07, 6.45) is -6.64. The van der Waals surface area contributed by atoms with Gasteiger partial charge in [-0.15, -0.1) is 0 Å². The summed E-state index contributed by atoms with van der Waals surface area (Å²) in [5, 5.41) is 16.6. The largest absolute Gasteiger partial charge is 0.463 e. The maximum absolute atomic E-state index is 13.7. The molecule has 5 rings (SSSR count). The molecule has 2 aliphatic rings. The lowest BCUT2D eigenvalue weighted by atomic mass is 9.97. The number of nitro benzene ring substituents is 1. The Hall–Kier alpha value is -6.34. The highest BCUT2D eigenvalue weighted by Gasteiger charge is 2.52. The third-order valence-corrected chi connectivity index (χ3v) is 9.97. The van der Waals surface area contributed by atoms with Crippen molar-refractivity contribution >= 4 is 58.5 Å². The highest BCUT2D eigenvalue weighted by atomic mass is 32.2. The topological polar surface area (TPSA) is 237 Å². The van der Waals surface area contributed by atoms with Gasteiger partial charge in [0.15, 0.2) is 29.7 Å². The number of hydrogen-bond acceptors (Lipinski definition) is 16. The Kier molecular flexibility index (Phi) is 15.3. The number of benzene rings is 3. The van der Waals surface area contributed by atoms with Crippen LogP contribution in [0.3, 0.4) is 0 Å². The Morgan fingerprint density at radius 3 is 1.88 bits per heavy atom. The van der Waals surface area contributed by atoms with Crippen molar-refractivity contribution in [2.24, 2.45) is 4.99 Å². The van der Waals surface area contributed by atoms with Gasteiger partial charge in [0.1, 0.15) is 19.3 Å². The lowest BCUT2D eigenvalue weighted by molar-refractivity contribution is -0.384. The van der Waals surface area contributed by atoms with E-state index < -0.39 is 84.1 Å². The van der Waals surface area contributed by atoms with Crippen LogP contribution in [0.4, 0.5) is 10.5 Å². The van der Waals surface area contributed by atoms with Gasteiger partial charge in [-0.05, 0) is 40.5 Å². The van der Waals surface area contributed by atoms with Gasteiger partial charge in [-0.2, -0.15) is 0 Å². The van der Waals surface area contributed by atoms with Gasteiger partial charge in [-0.1, -0.05) is 72.4 Å². The molecule has 0 bridgehead atoms. The fourth-order valence-electron chi connectivity index (χ4n) is 6.97. The molecule has 318 valence electrons. The van der Waals surface area contributed by atoms with Crippen LogP contribution in [0.2, 0.25) is 0 Å². The number of nitrogens with zero attached hydrogens (tertiary/aromatic N) is 2. The molecule has 3 aromatic carbocycles. The van der Waals surface area contributed by atoms with Crippen molar-refractivity contribution in [3.05, 3.63) is 99.6 Å². The van der Waals surface area contributed by atoms with Crippen molar-refractivity contribution in [3.63, 3.8) is 0 Å². The van der Waals surface area contributed by atoms with Crippen LogP contribution in [-0.4, -0.2) is 102 Å². The summed E-state index contributed by atoms with van der Waals surface area (Å²) in [5.41, 5.74) is 4.55. The van der Waals surface area contributed by atoms with E-state index >= 15 is 0 Å². The minimum Gasteiger partial charge on any atom is -0.463 e. The quantitative estimate of drug-likeness (QED) is 0.0573. The number of thioether (sulfide) groups is 1. The van der Waals surface area contributed by atoms with Gasteiger partial charge < -0.3 is 39.1 Å². The van der Waals surface area contributed by atoms with Crippen molar-refractivity contribution in [2.45, 2.75) is 83.1 Å². The molecule has 0 radical (unpaired) electrons. The van der Waals surface area contributed by atoms with E-state index in [9.17, 15) is 38.9 Å². The monoisotopic (exact) mass is 848 g/mol. The minimum absolute atomic E-state index is 0.00950. The number of nitro groups is 1. The number of esters is 4. The van der Waals surface area contributed by atoms with Gasteiger partial charge in [-0.3, -0.25) is 34.1 Å². The Labute approximate surface area is 348 Å².